The molecule has 9 heteroatoms. The molecule has 1 unspecified atom stereocenters. The molecule has 0 saturated carbocycles. The van der Waals surface area contributed by atoms with Gasteiger partial charge in [0.25, 0.3) is 0 Å². The van der Waals surface area contributed by atoms with E-state index in [1.165, 1.54) is 28.4 Å². The monoisotopic (exact) mass is 462 g/mol. The molecule has 0 bridgehead atoms. The number of rotatable bonds is 8. The van der Waals surface area contributed by atoms with Crippen molar-refractivity contribution in [3.05, 3.63) is 45.8 Å². The van der Waals surface area contributed by atoms with Crippen LogP contribution in [0.4, 0.5) is 0 Å². The van der Waals surface area contributed by atoms with Gasteiger partial charge in [0.05, 0.1) is 22.3 Å². The summed E-state index contributed by atoms with van der Waals surface area (Å²) in [5.74, 6) is -1.89. The summed E-state index contributed by atoms with van der Waals surface area (Å²) >= 11 is 2.86. The van der Waals surface area contributed by atoms with Gasteiger partial charge < -0.3 is 10.2 Å². The molecule has 31 heavy (non-hydrogen) atoms. The summed E-state index contributed by atoms with van der Waals surface area (Å²) in [5, 5.41) is 19.7. The zero-order valence-corrected chi connectivity index (χ0v) is 19.1. The van der Waals surface area contributed by atoms with Crippen molar-refractivity contribution in [3.8, 4) is 0 Å². The molecule has 1 aromatic carbocycles. The van der Waals surface area contributed by atoms with Crippen LogP contribution in [0, 0.1) is 5.92 Å². The number of amides is 1. The number of carbonyl (C=O) groups excluding carboxylic acids is 2. The van der Waals surface area contributed by atoms with Crippen LogP contribution >= 0.6 is 23.5 Å². The van der Waals surface area contributed by atoms with Gasteiger partial charge in [0, 0.05) is 23.9 Å². The second-order valence-corrected chi connectivity index (χ2v) is 10.8. The molecule has 5 atom stereocenters. The Bertz CT molecular complexity index is 922. The Kier molecular flexibility index (Phi) is 6.48. The van der Waals surface area contributed by atoms with Gasteiger partial charge in [-0.1, -0.05) is 49.0 Å². The number of hydrogen-bond donors (Lipinski definition) is 2. The molecule has 0 radical (unpaired) electrons. The number of benzene rings is 1. The first-order valence-corrected chi connectivity index (χ1v) is 12.2. The van der Waals surface area contributed by atoms with E-state index in [1.54, 1.807) is 0 Å². The number of aliphatic hydroxyl groups excluding tert-OH is 1. The predicted molar refractivity (Wildman–Crippen MR) is 120 cm³/mol. The van der Waals surface area contributed by atoms with Crippen molar-refractivity contribution >= 4 is 41.2 Å². The first kappa shape index (κ1) is 22.4. The predicted octanol–water partition coefficient (Wildman–Crippen LogP) is 2.62. The maximum atomic E-state index is 12.8. The maximum Gasteiger partial charge on any atom is 0.354 e. The zero-order valence-electron chi connectivity index (χ0n) is 17.4. The topological polar surface area (TPSA) is 98.2 Å². The lowest BCUT2D eigenvalue weighted by Crippen LogP contribution is -2.61. The fourth-order valence-electron chi connectivity index (χ4n) is 4.36. The van der Waals surface area contributed by atoms with Gasteiger partial charge in [-0.05, 0) is 19.8 Å². The minimum atomic E-state index is -1.11. The van der Waals surface area contributed by atoms with E-state index in [9.17, 15) is 24.6 Å². The molecule has 7 nitrogen and oxygen atoms in total. The molecule has 2 saturated heterocycles. The summed E-state index contributed by atoms with van der Waals surface area (Å²) in [4.78, 5) is 40.6. The molecule has 2 fully saturated rings. The second kappa shape index (κ2) is 8.97. The normalized spacial score (nSPS) is 27.8. The van der Waals surface area contributed by atoms with E-state index in [4.69, 9.17) is 0 Å². The van der Waals surface area contributed by atoms with Crippen LogP contribution < -0.4 is 0 Å². The number of carboxylic acid groups (broad SMARTS) is 1. The van der Waals surface area contributed by atoms with Crippen molar-refractivity contribution in [2.75, 3.05) is 13.1 Å². The van der Waals surface area contributed by atoms with Crippen LogP contribution in [0.15, 0.2) is 40.3 Å². The summed E-state index contributed by atoms with van der Waals surface area (Å²) in [7, 11) is 0. The van der Waals surface area contributed by atoms with Gasteiger partial charge in [-0.3, -0.25) is 19.4 Å². The number of carbonyl (C=O) groups is 3. The van der Waals surface area contributed by atoms with Gasteiger partial charge in [-0.15, -0.1) is 11.8 Å². The number of ketones is 1. The van der Waals surface area contributed by atoms with E-state index in [1.807, 2.05) is 44.2 Å². The molecule has 3 heterocycles. The Labute approximate surface area is 189 Å². The molecule has 0 aliphatic carbocycles. The van der Waals surface area contributed by atoms with Crippen molar-refractivity contribution in [2.45, 2.75) is 49.5 Å². The molecule has 0 spiro atoms. The highest BCUT2D eigenvalue weighted by Gasteiger charge is 2.58. The average Bonchev–Trinajstić information content (AvgIpc) is 3.36. The lowest BCUT2D eigenvalue weighted by atomic mass is 9.90. The highest BCUT2D eigenvalue weighted by atomic mass is 32.2. The van der Waals surface area contributed by atoms with Crippen molar-refractivity contribution in [1.82, 2.24) is 9.80 Å². The smallest absolute Gasteiger partial charge is 0.354 e. The van der Waals surface area contributed by atoms with Crippen LogP contribution in [0.2, 0.25) is 0 Å². The number of fused-ring (bicyclic) bond motifs is 1. The SMILES string of the molecule is CC[C@H](O)[C@@H]1C(=O)N2C(C(=O)O)=C(S[C@H]3CCN(C(C)C(=O)c4ccccc4)C3)S[C@H]12. The van der Waals surface area contributed by atoms with Crippen LogP contribution in [0.3, 0.4) is 0 Å². The van der Waals surface area contributed by atoms with E-state index < -0.39 is 18.0 Å². The molecule has 4 rings (SSSR count). The highest BCUT2D eigenvalue weighted by molar-refractivity contribution is 8.23. The Morgan fingerprint density at radius 2 is 2.00 bits per heavy atom. The summed E-state index contributed by atoms with van der Waals surface area (Å²) < 4.78 is 0.630. The molecule has 3 aliphatic heterocycles. The van der Waals surface area contributed by atoms with Crippen LogP contribution in [0.5, 0.6) is 0 Å². The Hall–Kier alpha value is -1.81. The molecule has 0 aromatic heterocycles. The summed E-state index contributed by atoms with van der Waals surface area (Å²) in [6, 6.07) is 8.99. The van der Waals surface area contributed by atoms with Gasteiger partial charge in [0.15, 0.2) is 11.5 Å². The first-order valence-electron chi connectivity index (χ1n) is 10.5. The number of carboxylic acids is 1. The number of β-lactam (4-membered cyclic amide) rings is 1. The van der Waals surface area contributed by atoms with Gasteiger partial charge in [-0.2, -0.15) is 0 Å². The number of nitrogens with zero attached hydrogens (tertiary/aromatic N) is 2. The van der Waals surface area contributed by atoms with Crippen molar-refractivity contribution in [2.24, 2.45) is 5.92 Å². The summed E-state index contributed by atoms with van der Waals surface area (Å²) in [6.45, 7) is 5.17. The molecule has 1 aromatic rings. The minimum Gasteiger partial charge on any atom is -0.477 e. The zero-order chi connectivity index (χ0) is 22.3. The maximum absolute atomic E-state index is 12.8. The van der Waals surface area contributed by atoms with E-state index >= 15 is 0 Å². The number of Topliss-reactive ketones (excluding diaryl/α,β-unsaturated/α-hetero) is 1. The number of hydrogen-bond acceptors (Lipinski definition) is 7. The molecule has 3 aliphatic rings. The van der Waals surface area contributed by atoms with Gasteiger partial charge in [0.2, 0.25) is 5.91 Å². The average molecular weight is 463 g/mol. The fourth-order valence-corrected chi connectivity index (χ4v) is 7.65. The fraction of sp³-hybridized carbons (Fsp3) is 0.500. The molecule has 166 valence electrons. The third-order valence-corrected chi connectivity index (χ3v) is 9.07. The summed E-state index contributed by atoms with van der Waals surface area (Å²) in [6.07, 6.45) is 0.539. The Morgan fingerprint density at radius 1 is 1.29 bits per heavy atom. The van der Waals surface area contributed by atoms with Crippen molar-refractivity contribution in [1.29, 1.82) is 0 Å². The molecular weight excluding hydrogens is 436 g/mol. The van der Waals surface area contributed by atoms with Crippen molar-refractivity contribution in [3.63, 3.8) is 0 Å². The van der Waals surface area contributed by atoms with Gasteiger partial charge in [-0.25, -0.2) is 4.79 Å². The van der Waals surface area contributed by atoms with E-state index in [2.05, 4.69) is 4.90 Å². The third kappa shape index (κ3) is 4.04. The van der Waals surface area contributed by atoms with Crippen LogP contribution in [-0.4, -0.2) is 73.5 Å². The highest BCUT2D eigenvalue weighted by Crippen LogP contribution is 2.55. The van der Waals surface area contributed by atoms with Crippen LogP contribution in [0.25, 0.3) is 0 Å². The lowest BCUT2D eigenvalue weighted by Gasteiger charge is -2.44. The number of thioether (sulfide) groups is 2. The van der Waals surface area contributed by atoms with Gasteiger partial charge in [0.1, 0.15) is 5.37 Å². The lowest BCUT2D eigenvalue weighted by molar-refractivity contribution is -0.157. The minimum absolute atomic E-state index is 0.0383. The Morgan fingerprint density at radius 3 is 2.65 bits per heavy atom. The van der Waals surface area contributed by atoms with Gasteiger partial charge >= 0.3 is 5.97 Å². The first-order chi connectivity index (χ1) is 14.8. The van der Waals surface area contributed by atoms with Crippen molar-refractivity contribution < 1.29 is 24.6 Å². The number of aliphatic hydroxyl groups is 1. The van der Waals surface area contributed by atoms with Crippen LogP contribution in [-0.2, 0) is 9.59 Å². The second-order valence-electron chi connectivity index (χ2n) is 8.09. The number of likely N-dealkylation sites (tertiary alicyclic amines) is 1. The summed E-state index contributed by atoms with van der Waals surface area (Å²) in [5.41, 5.74) is 0.730. The quantitative estimate of drug-likeness (QED) is 0.449. The Balaban J connectivity index is 1.42. The molecular formula is C22H26N2O5S2. The molecule has 1 amide bonds. The standard InChI is InChI=1S/C22H26N2O5S2/c1-3-15(25)16-19(27)24-17(21(28)29)22(31-20(16)24)30-14-9-10-23(11-14)12(2)18(26)13-7-5-4-6-8-13/h4-8,12,14-16,20,25H,3,9-11H2,1-2H3,(H,28,29)/t12?,14-,15-,16+,20+/m0/s1. The molecule has 2 N–H and O–H groups in total. The van der Waals surface area contributed by atoms with E-state index in [0.717, 1.165) is 13.0 Å². The third-order valence-electron chi connectivity index (χ3n) is 6.22. The van der Waals surface area contributed by atoms with Crippen LogP contribution in [0.1, 0.15) is 37.0 Å². The van der Waals surface area contributed by atoms with E-state index in [0.29, 0.717) is 22.8 Å². The largest absolute Gasteiger partial charge is 0.477 e. The van der Waals surface area contributed by atoms with E-state index in [-0.39, 0.29) is 34.1 Å². The number of aliphatic carboxylic acids is 1.